The van der Waals surface area contributed by atoms with Crippen molar-refractivity contribution >= 4 is 143 Å². The lowest BCUT2D eigenvalue weighted by Crippen LogP contribution is -2.08. The Morgan fingerprint density at radius 1 is 0.416 bits per heavy atom. The second-order valence-electron chi connectivity index (χ2n) is 22.5. The molecule has 0 bridgehead atoms. The molecule has 22 heteroatoms. The lowest BCUT2D eigenvalue weighted by Gasteiger charge is -2.10. The summed E-state index contributed by atoms with van der Waals surface area (Å²) in [4.78, 5) is 21.8. The molecule has 9 nitrogen and oxygen atoms in total. The van der Waals surface area contributed by atoms with E-state index in [1.165, 1.54) is 63.2 Å². The average Bonchev–Trinajstić information content (AvgIpc) is 3.71. The van der Waals surface area contributed by atoms with Crippen LogP contribution < -0.4 is 0 Å². The highest BCUT2D eigenvalue weighted by atomic mass is 32.2. The summed E-state index contributed by atoms with van der Waals surface area (Å²) in [7, 11) is -10.8. The standard InChI is InChI=1S/C10H15NO2S.C10H16O2S2.C10H16OS2.C10H16S2.C9H14O2S2.C9H14OS2.C9H14S2/c1-4-14(12,13)10-7-11-6-5-9(10)8(2)3;1-5-14(11,12)9-6-8(4)13-10(9)7(2)3;1-5-13(11)9-6-8(4)12-10(9)7(2)3;1-5-11-9-6-8(4)12-10(9)7(2)3;1-4-13(10,11)8-5-6-12-9(8)7(2)3;1-4-12(10)8-5-6-11-9(8)7(2)3;1-4-10-8-5-6-11-9(8)7(2)3/h5-8H,4H2,1-3H3;6-7H,5H2,1-4H3;6-7H,5H2,1-4H3;6-7H,5H2,1-4H3;5-7H,4H2,1-3H3;5-7H,4H2,1-3H3;5-7H,4H2,1-3H3. The van der Waals surface area contributed by atoms with Gasteiger partial charge in [-0.15, -0.1) is 91.5 Å². The molecule has 504 valence electrons. The lowest BCUT2D eigenvalue weighted by molar-refractivity contribution is 0.593. The zero-order valence-corrected chi connectivity index (χ0v) is 68.1. The Balaban J connectivity index is 0.000000520. The van der Waals surface area contributed by atoms with Gasteiger partial charge in [-0.1, -0.05) is 145 Å². The number of hydrogen-bond donors (Lipinski definition) is 0. The highest BCUT2D eigenvalue weighted by Crippen LogP contribution is 2.37. The van der Waals surface area contributed by atoms with E-state index >= 15 is 0 Å². The zero-order chi connectivity index (χ0) is 68.3. The van der Waals surface area contributed by atoms with Gasteiger partial charge in [-0.05, 0) is 138 Å². The third-order valence-corrected chi connectivity index (χ3v) is 31.3. The Morgan fingerprint density at radius 2 is 0.820 bits per heavy atom. The minimum absolute atomic E-state index is 0.123. The number of hydrogen-bond acceptors (Lipinski definition) is 17. The summed E-state index contributed by atoms with van der Waals surface area (Å²) in [5, 5.41) is 6.06. The van der Waals surface area contributed by atoms with Gasteiger partial charge in [-0.3, -0.25) is 13.4 Å². The molecule has 0 aliphatic carbocycles. The molecule has 7 rings (SSSR count). The molecule has 2 unspecified atom stereocenters. The van der Waals surface area contributed by atoms with Crippen molar-refractivity contribution in [3.63, 3.8) is 0 Å². The molecule has 89 heavy (non-hydrogen) atoms. The van der Waals surface area contributed by atoms with Gasteiger partial charge in [0.1, 0.15) is 0 Å². The monoisotopic (exact) mass is 1470 g/mol. The van der Waals surface area contributed by atoms with Crippen molar-refractivity contribution in [3.8, 4) is 0 Å². The van der Waals surface area contributed by atoms with Crippen LogP contribution in [-0.4, -0.2) is 78.9 Å². The number of sulfone groups is 3. The molecule has 2 atom stereocenters. The maximum absolute atomic E-state index is 11.7. The predicted molar refractivity (Wildman–Crippen MR) is 403 cm³/mol. The maximum atomic E-state index is 11.7. The molecule has 0 fully saturated rings. The second-order valence-corrected chi connectivity index (χ2v) is 42.0. The predicted octanol–water partition coefficient (Wildman–Crippen LogP) is 22.2. The smallest absolute Gasteiger partial charge is 0.179 e. The maximum Gasteiger partial charge on any atom is 0.179 e. The van der Waals surface area contributed by atoms with Gasteiger partial charge in [0.25, 0.3) is 0 Å². The third kappa shape index (κ3) is 27.8. The fourth-order valence-electron chi connectivity index (χ4n) is 8.24. The van der Waals surface area contributed by atoms with Crippen LogP contribution in [0.25, 0.3) is 0 Å². The Hall–Kier alpha value is -1.80. The molecule has 0 aromatic carbocycles. The number of rotatable bonds is 21. The summed E-state index contributed by atoms with van der Waals surface area (Å²) in [5.74, 6) is 7.40. The number of pyridine rings is 1. The minimum Gasteiger partial charge on any atom is -0.263 e. The fraction of sp³-hybridized carbons (Fsp3) is 0.567. The van der Waals surface area contributed by atoms with Crippen LogP contribution in [-0.2, 0) is 51.1 Å². The summed E-state index contributed by atoms with van der Waals surface area (Å²) in [5.41, 5.74) is 0.849. The normalized spacial score (nSPS) is 12.3. The summed E-state index contributed by atoms with van der Waals surface area (Å²) in [6.45, 7) is 49.2. The molecule has 7 aromatic heterocycles. The van der Waals surface area contributed by atoms with Gasteiger partial charge < -0.3 is 0 Å². The first-order valence-electron chi connectivity index (χ1n) is 30.7. The highest BCUT2D eigenvalue weighted by Gasteiger charge is 2.23. The number of nitrogens with zero attached hydrogens (tertiary/aromatic N) is 1. The number of aryl methyl sites for hydroxylation is 3. The van der Waals surface area contributed by atoms with Gasteiger partial charge in [0.05, 0.1) is 63.3 Å². The van der Waals surface area contributed by atoms with Crippen molar-refractivity contribution in [2.75, 3.05) is 40.3 Å². The molecule has 7 aromatic rings. The van der Waals surface area contributed by atoms with Crippen molar-refractivity contribution in [1.82, 2.24) is 4.98 Å². The molecule has 0 saturated heterocycles. The van der Waals surface area contributed by atoms with E-state index in [-0.39, 0.29) is 35.0 Å². The van der Waals surface area contributed by atoms with E-state index < -0.39 is 51.1 Å². The van der Waals surface area contributed by atoms with E-state index in [9.17, 15) is 33.7 Å². The molecule has 0 aliphatic rings. The van der Waals surface area contributed by atoms with Crippen LogP contribution in [0.3, 0.4) is 0 Å². The van der Waals surface area contributed by atoms with Gasteiger partial charge in [0, 0.05) is 77.6 Å². The van der Waals surface area contributed by atoms with E-state index in [1.54, 1.807) is 84.1 Å². The van der Waals surface area contributed by atoms with E-state index in [4.69, 9.17) is 0 Å². The van der Waals surface area contributed by atoms with E-state index in [0.29, 0.717) is 38.4 Å². The Labute approximate surface area is 578 Å². The molecular weight excluding hydrogens is 1360 g/mol. The number of aromatic nitrogens is 1. The zero-order valence-electron chi connectivity index (χ0n) is 57.4. The van der Waals surface area contributed by atoms with Gasteiger partial charge in [0.2, 0.25) is 0 Å². The SMILES string of the molecule is CCS(=O)(=O)c1cc(C)sc1C(C)C.CCS(=O)(=O)c1ccsc1C(C)C.CCS(=O)(=O)c1cnccc1C(C)C.CCS(=O)c1cc(C)sc1C(C)C.CCS(=O)c1ccsc1C(C)C.CCSc1cc(C)sc1C(C)C.CCSc1ccsc1C(C)C. The molecule has 0 N–H and O–H groups in total. The van der Waals surface area contributed by atoms with Crippen LogP contribution in [0.2, 0.25) is 0 Å². The van der Waals surface area contributed by atoms with Crippen LogP contribution in [0, 0.1) is 20.8 Å². The van der Waals surface area contributed by atoms with Gasteiger partial charge in [-0.2, -0.15) is 0 Å². The molecule has 0 spiro atoms. The molecule has 0 amide bonds. The summed E-state index contributed by atoms with van der Waals surface area (Å²) in [6, 6.07) is 13.9. The first kappa shape index (κ1) is 85.2. The van der Waals surface area contributed by atoms with Gasteiger partial charge >= 0.3 is 0 Å². The highest BCUT2D eigenvalue weighted by molar-refractivity contribution is 7.99. The van der Waals surface area contributed by atoms with Crippen LogP contribution >= 0.6 is 91.5 Å². The van der Waals surface area contributed by atoms with Crippen LogP contribution in [0.5, 0.6) is 0 Å². The van der Waals surface area contributed by atoms with Crippen molar-refractivity contribution in [2.24, 2.45) is 0 Å². The second kappa shape index (κ2) is 41.9. The van der Waals surface area contributed by atoms with Crippen LogP contribution in [0.15, 0.2) is 105 Å². The molecule has 0 aliphatic heterocycles. The summed E-state index contributed by atoms with van der Waals surface area (Å²) < 4.78 is 93.2. The Morgan fingerprint density at radius 3 is 1.30 bits per heavy atom. The van der Waals surface area contributed by atoms with Crippen LogP contribution in [0.4, 0.5) is 0 Å². The first-order chi connectivity index (χ1) is 41.5. The van der Waals surface area contributed by atoms with E-state index in [0.717, 1.165) is 41.5 Å². The fourth-order valence-corrected chi connectivity index (χ4v) is 23.8. The van der Waals surface area contributed by atoms with Crippen molar-refractivity contribution < 1.29 is 33.7 Å². The summed E-state index contributed by atoms with van der Waals surface area (Å²) >= 11 is 14.3. The Kier molecular flexibility index (Phi) is 40.1. The Bertz CT molecular complexity index is 3550. The topological polar surface area (TPSA) is 149 Å². The van der Waals surface area contributed by atoms with Crippen molar-refractivity contribution in [2.45, 2.75) is 242 Å². The quantitative estimate of drug-likeness (QED) is 0.0633. The van der Waals surface area contributed by atoms with Crippen molar-refractivity contribution in [1.29, 1.82) is 0 Å². The largest absolute Gasteiger partial charge is 0.263 e. The molecule has 0 radical (unpaired) electrons. The average molecular weight is 1470 g/mol. The third-order valence-electron chi connectivity index (χ3n) is 12.9. The lowest BCUT2D eigenvalue weighted by atomic mass is 10.1. The van der Waals surface area contributed by atoms with Gasteiger partial charge in [0.15, 0.2) is 29.5 Å². The first-order valence-corrected chi connectivity index (χ1v) is 45.3. The molecular formula is C67H105NO8S13. The molecule has 7 heterocycles. The van der Waals surface area contributed by atoms with E-state index in [2.05, 4.69) is 112 Å². The number of thioether (sulfide) groups is 2. The minimum atomic E-state index is -3.14. The molecule has 0 saturated carbocycles. The number of thiophene rings is 6. The van der Waals surface area contributed by atoms with E-state index in [1.807, 2.05) is 125 Å². The van der Waals surface area contributed by atoms with Gasteiger partial charge in [-0.25, -0.2) is 25.3 Å². The van der Waals surface area contributed by atoms with Crippen molar-refractivity contribution in [3.05, 3.63) is 120 Å². The van der Waals surface area contributed by atoms with Crippen LogP contribution in [0.1, 0.15) is 236 Å². The summed E-state index contributed by atoms with van der Waals surface area (Å²) in [6.07, 6.45) is 3.07.